The number of hydrogen-bond acceptors (Lipinski definition) is 11. The minimum absolute atomic E-state index is 0.0345. The van der Waals surface area contributed by atoms with E-state index in [9.17, 15) is 18.0 Å². The molecule has 3 N–H and O–H groups in total. The van der Waals surface area contributed by atoms with E-state index in [1.54, 1.807) is 11.8 Å². The molecule has 0 radical (unpaired) electrons. The van der Waals surface area contributed by atoms with Gasteiger partial charge >= 0.3 is 12.0 Å². The summed E-state index contributed by atoms with van der Waals surface area (Å²) in [7, 11) is -0.0258. The number of ether oxygens (including phenoxy) is 3. The van der Waals surface area contributed by atoms with E-state index in [-0.39, 0.29) is 39.2 Å². The number of esters is 1. The molecule has 0 atom stereocenters. The van der Waals surface area contributed by atoms with Gasteiger partial charge in [0.05, 0.1) is 36.7 Å². The van der Waals surface area contributed by atoms with Crippen LogP contribution in [0.15, 0.2) is 35.2 Å². The Hall–Kier alpha value is -4.02. The first kappa shape index (κ1) is 31.5. The van der Waals surface area contributed by atoms with Crippen LogP contribution in [0.1, 0.15) is 39.4 Å². The Morgan fingerprint density at radius 1 is 1.02 bits per heavy atom. The first-order valence-electron chi connectivity index (χ1n) is 12.2. The number of anilines is 3. The summed E-state index contributed by atoms with van der Waals surface area (Å²) in [5.74, 6) is -0.716. The van der Waals surface area contributed by atoms with Gasteiger partial charge in [-0.15, -0.1) is 11.3 Å². The average molecular weight is 623 g/mol. The van der Waals surface area contributed by atoms with Crippen LogP contribution >= 0.6 is 23.6 Å². The maximum Gasteiger partial charge on any atom is 0.341 e. The zero-order valence-corrected chi connectivity index (χ0v) is 25.7. The summed E-state index contributed by atoms with van der Waals surface area (Å²) in [6.07, 6.45) is 0. The second-order valence-corrected chi connectivity index (χ2v) is 11.3. The summed E-state index contributed by atoms with van der Waals surface area (Å²) in [6, 6.07) is 7.02. The fraction of sp³-hybridized carbons (Fsp3) is 0.320. The van der Waals surface area contributed by atoms with E-state index in [4.69, 9.17) is 26.4 Å². The van der Waals surface area contributed by atoms with Crippen molar-refractivity contribution in [3.63, 3.8) is 0 Å². The molecule has 0 unspecified atom stereocenters. The summed E-state index contributed by atoms with van der Waals surface area (Å²) in [4.78, 5) is 35.5. The molecule has 220 valence electrons. The van der Waals surface area contributed by atoms with Crippen molar-refractivity contribution in [2.45, 2.75) is 25.7 Å². The molecule has 3 aromatic rings. The Morgan fingerprint density at radius 2 is 1.68 bits per heavy atom. The minimum atomic E-state index is -4.01. The summed E-state index contributed by atoms with van der Waals surface area (Å²) in [5.41, 5.74) is 1.17. The third-order valence-electron chi connectivity index (χ3n) is 5.74. The van der Waals surface area contributed by atoms with Gasteiger partial charge in [0.2, 0.25) is 5.88 Å². The molecule has 0 saturated carbocycles. The largest absolute Gasteiger partial charge is 0.481 e. The molecule has 0 aliphatic carbocycles. The number of carbonyl (C=O) groups is 2. The van der Waals surface area contributed by atoms with E-state index in [1.165, 1.54) is 51.7 Å². The summed E-state index contributed by atoms with van der Waals surface area (Å²) >= 11 is 6.53. The Kier molecular flexibility index (Phi) is 10.4. The van der Waals surface area contributed by atoms with Crippen LogP contribution in [0, 0.1) is 6.92 Å². The Labute approximate surface area is 247 Å². The molecule has 0 saturated heterocycles. The van der Waals surface area contributed by atoms with E-state index >= 15 is 0 Å². The molecule has 0 aliphatic rings. The molecular weight excluding hydrogens is 593 g/mol. The number of thiophene rings is 1. The van der Waals surface area contributed by atoms with Crippen molar-refractivity contribution in [1.82, 2.24) is 14.9 Å². The zero-order valence-electron chi connectivity index (χ0n) is 23.2. The van der Waals surface area contributed by atoms with Crippen LogP contribution in [-0.2, 0) is 14.8 Å². The molecule has 0 fully saturated rings. The first-order valence-corrected chi connectivity index (χ1v) is 14.9. The maximum absolute atomic E-state index is 13.0. The number of carbonyl (C=O) groups excluding carboxylic acids is 2. The number of nitrogens with zero attached hydrogens (tertiary/aromatic N) is 3. The van der Waals surface area contributed by atoms with Crippen LogP contribution in [0.3, 0.4) is 0 Å². The molecule has 13 nitrogen and oxygen atoms in total. The molecular formula is C25H30N6O7S3. The monoisotopic (exact) mass is 622 g/mol. The second-order valence-electron chi connectivity index (χ2n) is 8.22. The lowest BCUT2D eigenvalue weighted by Gasteiger charge is -2.18. The van der Waals surface area contributed by atoms with Gasteiger partial charge in [-0.05, 0) is 62.8 Å². The van der Waals surface area contributed by atoms with Crippen LogP contribution in [0.2, 0.25) is 0 Å². The lowest BCUT2D eigenvalue weighted by molar-refractivity contribution is 0.0601. The van der Waals surface area contributed by atoms with Crippen molar-refractivity contribution in [3.8, 4) is 11.9 Å². The summed E-state index contributed by atoms with van der Waals surface area (Å²) in [6.45, 7) is 6.47. The standard InChI is InChI=1S/C25H30N6O7S3/c1-7-31(8-2)22(32)20-14(3)19(23(33)37-5)21(40-20)29-25(39)26-15-9-11-16(12-10-15)41(34,35)30-17-13-18(36-4)28-24(27-17)38-6/h9-13H,7-8H2,1-6H3,(H2,26,29,39)(H,27,28,30). The topological polar surface area (TPSA) is 161 Å². The highest BCUT2D eigenvalue weighted by molar-refractivity contribution is 7.92. The fourth-order valence-corrected chi connectivity index (χ4v) is 6.08. The number of hydrogen-bond donors (Lipinski definition) is 3. The molecule has 0 aliphatic heterocycles. The predicted molar refractivity (Wildman–Crippen MR) is 160 cm³/mol. The number of aromatic nitrogens is 2. The quantitative estimate of drug-likeness (QED) is 0.210. The van der Waals surface area contributed by atoms with E-state index in [0.29, 0.717) is 34.2 Å². The maximum atomic E-state index is 13.0. The van der Waals surface area contributed by atoms with E-state index in [0.717, 1.165) is 11.3 Å². The number of methoxy groups -OCH3 is 3. The van der Waals surface area contributed by atoms with Gasteiger partial charge in [-0.3, -0.25) is 9.52 Å². The molecule has 3 rings (SSSR count). The van der Waals surface area contributed by atoms with Crippen molar-refractivity contribution < 1.29 is 32.2 Å². The highest BCUT2D eigenvalue weighted by Gasteiger charge is 2.27. The third kappa shape index (κ3) is 7.39. The van der Waals surface area contributed by atoms with Crippen molar-refractivity contribution in [1.29, 1.82) is 0 Å². The van der Waals surface area contributed by atoms with Crippen LogP contribution in [0.4, 0.5) is 16.5 Å². The molecule has 2 aromatic heterocycles. The molecule has 2 heterocycles. The number of amides is 1. The number of nitrogens with one attached hydrogen (secondary N) is 3. The Morgan fingerprint density at radius 3 is 2.24 bits per heavy atom. The minimum Gasteiger partial charge on any atom is -0.481 e. The molecule has 1 amide bonds. The molecule has 41 heavy (non-hydrogen) atoms. The zero-order chi connectivity index (χ0) is 30.3. The van der Waals surface area contributed by atoms with Gasteiger partial charge in [0, 0.05) is 24.8 Å². The van der Waals surface area contributed by atoms with Gasteiger partial charge < -0.3 is 29.7 Å². The van der Waals surface area contributed by atoms with Crippen molar-refractivity contribution >= 4 is 67.1 Å². The Balaban J connectivity index is 1.77. The van der Waals surface area contributed by atoms with Gasteiger partial charge in [-0.1, -0.05) is 0 Å². The highest BCUT2D eigenvalue weighted by Crippen LogP contribution is 2.35. The normalized spacial score (nSPS) is 10.9. The molecule has 0 bridgehead atoms. The molecule has 0 spiro atoms. The van der Waals surface area contributed by atoms with Crippen LogP contribution < -0.4 is 24.8 Å². The summed E-state index contributed by atoms with van der Waals surface area (Å²) < 4.78 is 43.1. The van der Waals surface area contributed by atoms with Crippen LogP contribution in [-0.4, -0.2) is 74.7 Å². The lowest BCUT2D eigenvalue weighted by Crippen LogP contribution is -2.30. The van der Waals surface area contributed by atoms with Gasteiger partial charge in [0.1, 0.15) is 5.00 Å². The fourth-order valence-electron chi connectivity index (χ4n) is 3.64. The van der Waals surface area contributed by atoms with E-state index < -0.39 is 16.0 Å². The van der Waals surface area contributed by atoms with E-state index in [2.05, 4.69) is 25.3 Å². The highest BCUT2D eigenvalue weighted by atomic mass is 32.2. The van der Waals surface area contributed by atoms with Crippen LogP contribution in [0.5, 0.6) is 11.9 Å². The SMILES string of the molecule is CCN(CC)C(=O)c1sc(NC(=S)Nc2ccc(S(=O)(=O)Nc3cc(OC)nc(OC)n3)cc2)c(C(=O)OC)c1C. The van der Waals surface area contributed by atoms with Crippen molar-refractivity contribution in [3.05, 3.63) is 46.3 Å². The number of thiocarbonyl (C=S) groups is 1. The van der Waals surface area contributed by atoms with Gasteiger partial charge in [-0.25, -0.2) is 13.2 Å². The summed E-state index contributed by atoms with van der Waals surface area (Å²) in [5, 5.41) is 6.38. The third-order valence-corrected chi connectivity index (χ3v) is 8.51. The average Bonchev–Trinajstić information content (AvgIpc) is 3.27. The molecule has 1 aromatic carbocycles. The second kappa shape index (κ2) is 13.6. The van der Waals surface area contributed by atoms with Crippen molar-refractivity contribution in [2.24, 2.45) is 0 Å². The van der Waals surface area contributed by atoms with Crippen molar-refractivity contribution in [2.75, 3.05) is 49.8 Å². The smallest absolute Gasteiger partial charge is 0.341 e. The number of sulfonamides is 1. The van der Waals surface area contributed by atoms with Gasteiger partial charge in [0.25, 0.3) is 15.9 Å². The van der Waals surface area contributed by atoms with E-state index in [1.807, 2.05) is 13.8 Å². The van der Waals surface area contributed by atoms with Gasteiger partial charge in [-0.2, -0.15) is 9.97 Å². The molecule has 16 heteroatoms. The number of rotatable bonds is 11. The Bertz CT molecular complexity index is 1520. The first-order chi connectivity index (χ1) is 19.5. The van der Waals surface area contributed by atoms with Crippen LogP contribution in [0.25, 0.3) is 0 Å². The lowest BCUT2D eigenvalue weighted by atomic mass is 10.1. The van der Waals surface area contributed by atoms with Gasteiger partial charge in [0.15, 0.2) is 10.9 Å². The predicted octanol–water partition coefficient (Wildman–Crippen LogP) is 3.74. The number of benzene rings is 1.